The van der Waals surface area contributed by atoms with Crippen LogP contribution in [0.2, 0.25) is 0 Å². The van der Waals surface area contributed by atoms with Crippen LogP contribution in [0.3, 0.4) is 0 Å². The Labute approximate surface area is 94.8 Å². The SMILES string of the molecule is CN(N)c1nccc2nc(C(F)(F)F)ccc12. The minimum absolute atomic E-state index is 0.210. The monoisotopic (exact) mass is 242 g/mol. The predicted molar refractivity (Wildman–Crippen MR) is 57.1 cm³/mol. The van der Waals surface area contributed by atoms with Crippen LogP contribution in [-0.4, -0.2) is 17.0 Å². The van der Waals surface area contributed by atoms with E-state index in [1.807, 2.05) is 0 Å². The number of fused-ring (bicyclic) bond motifs is 1. The quantitative estimate of drug-likeness (QED) is 0.613. The molecule has 0 saturated heterocycles. The molecule has 0 aliphatic heterocycles. The first-order valence-corrected chi connectivity index (χ1v) is 4.71. The van der Waals surface area contributed by atoms with Gasteiger partial charge in [-0.1, -0.05) is 0 Å². The van der Waals surface area contributed by atoms with Crippen molar-refractivity contribution in [1.29, 1.82) is 0 Å². The fraction of sp³-hybridized carbons (Fsp3) is 0.200. The number of hydrogen-bond acceptors (Lipinski definition) is 4. The van der Waals surface area contributed by atoms with Crippen molar-refractivity contribution in [2.45, 2.75) is 6.18 Å². The molecule has 2 rings (SSSR count). The van der Waals surface area contributed by atoms with Gasteiger partial charge in [-0.3, -0.25) is 5.01 Å². The van der Waals surface area contributed by atoms with Crippen LogP contribution in [-0.2, 0) is 6.18 Å². The van der Waals surface area contributed by atoms with Crippen molar-refractivity contribution in [1.82, 2.24) is 9.97 Å². The Kier molecular flexibility index (Phi) is 2.62. The minimum atomic E-state index is -4.45. The van der Waals surface area contributed by atoms with Gasteiger partial charge in [-0.15, -0.1) is 0 Å². The molecule has 0 aliphatic carbocycles. The van der Waals surface area contributed by atoms with Crippen molar-refractivity contribution < 1.29 is 13.2 Å². The molecule has 4 nitrogen and oxygen atoms in total. The van der Waals surface area contributed by atoms with Gasteiger partial charge in [-0.25, -0.2) is 15.8 Å². The molecule has 2 N–H and O–H groups in total. The Balaban J connectivity index is 2.65. The molecule has 2 heterocycles. The molecule has 0 fully saturated rings. The van der Waals surface area contributed by atoms with Crippen molar-refractivity contribution in [3.8, 4) is 0 Å². The minimum Gasteiger partial charge on any atom is -0.297 e. The van der Waals surface area contributed by atoms with Gasteiger partial charge in [0.05, 0.1) is 5.52 Å². The van der Waals surface area contributed by atoms with Gasteiger partial charge < -0.3 is 0 Å². The number of nitrogens with zero attached hydrogens (tertiary/aromatic N) is 3. The predicted octanol–water partition coefficient (Wildman–Crippen LogP) is 1.96. The molecule has 0 amide bonds. The van der Waals surface area contributed by atoms with E-state index < -0.39 is 11.9 Å². The lowest BCUT2D eigenvalue weighted by Gasteiger charge is -2.13. The number of nitrogens with two attached hydrogens (primary N) is 1. The standard InChI is InChI=1S/C10H9F3N4/c1-17(14)9-6-2-3-8(10(11,12)13)16-7(6)4-5-15-9/h2-5H,14H2,1H3. The lowest BCUT2D eigenvalue weighted by molar-refractivity contribution is -0.140. The summed E-state index contributed by atoms with van der Waals surface area (Å²) < 4.78 is 37.4. The van der Waals surface area contributed by atoms with Crippen molar-refractivity contribution in [2.75, 3.05) is 12.1 Å². The molecule has 90 valence electrons. The average Bonchev–Trinajstić information content (AvgIpc) is 2.26. The highest BCUT2D eigenvalue weighted by molar-refractivity contribution is 5.89. The number of hydrogen-bond donors (Lipinski definition) is 1. The molecular weight excluding hydrogens is 233 g/mol. The Morgan fingerprint density at radius 3 is 2.53 bits per heavy atom. The summed E-state index contributed by atoms with van der Waals surface area (Å²) in [6.07, 6.45) is -3.08. The Hall–Kier alpha value is -1.89. The molecule has 0 bridgehead atoms. The number of rotatable bonds is 1. The van der Waals surface area contributed by atoms with Gasteiger partial charge in [0.1, 0.15) is 5.69 Å². The maximum absolute atomic E-state index is 12.5. The molecule has 0 unspecified atom stereocenters. The zero-order valence-corrected chi connectivity index (χ0v) is 8.86. The molecule has 0 atom stereocenters. The van der Waals surface area contributed by atoms with Gasteiger partial charge in [-0.05, 0) is 18.2 Å². The molecule has 7 heteroatoms. The van der Waals surface area contributed by atoms with E-state index in [9.17, 15) is 13.2 Å². The van der Waals surface area contributed by atoms with Crippen molar-refractivity contribution in [3.05, 3.63) is 30.1 Å². The van der Waals surface area contributed by atoms with Gasteiger partial charge in [0.25, 0.3) is 0 Å². The maximum atomic E-state index is 12.5. The summed E-state index contributed by atoms with van der Waals surface area (Å²) >= 11 is 0. The van der Waals surface area contributed by atoms with E-state index in [1.54, 1.807) is 7.05 Å². The topological polar surface area (TPSA) is 55.0 Å². The first-order valence-electron chi connectivity index (χ1n) is 4.71. The third kappa shape index (κ3) is 2.14. The van der Waals surface area contributed by atoms with E-state index in [0.29, 0.717) is 11.2 Å². The lowest BCUT2D eigenvalue weighted by atomic mass is 10.2. The van der Waals surface area contributed by atoms with Crippen LogP contribution in [0.15, 0.2) is 24.4 Å². The summed E-state index contributed by atoms with van der Waals surface area (Å²) in [5.41, 5.74) is -0.719. The number of halogens is 3. The smallest absolute Gasteiger partial charge is 0.297 e. The number of anilines is 1. The van der Waals surface area contributed by atoms with Gasteiger partial charge >= 0.3 is 6.18 Å². The van der Waals surface area contributed by atoms with Crippen LogP contribution >= 0.6 is 0 Å². The fourth-order valence-corrected chi connectivity index (χ4v) is 1.48. The molecule has 0 spiro atoms. The van der Waals surface area contributed by atoms with Crippen molar-refractivity contribution >= 4 is 16.7 Å². The van der Waals surface area contributed by atoms with Gasteiger partial charge in [-0.2, -0.15) is 13.2 Å². The highest BCUT2D eigenvalue weighted by Crippen LogP contribution is 2.30. The summed E-state index contributed by atoms with van der Waals surface area (Å²) in [6, 6.07) is 3.64. The first-order chi connectivity index (χ1) is 7.89. The first kappa shape index (κ1) is 11.6. The largest absolute Gasteiger partial charge is 0.433 e. The summed E-state index contributed by atoms with van der Waals surface area (Å²) in [6.45, 7) is 0. The van der Waals surface area contributed by atoms with Gasteiger partial charge in [0.15, 0.2) is 5.82 Å². The van der Waals surface area contributed by atoms with Crippen molar-refractivity contribution in [3.63, 3.8) is 0 Å². The second kappa shape index (κ2) is 3.85. The van der Waals surface area contributed by atoms with Crippen LogP contribution in [0.4, 0.5) is 19.0 Å². The lowest BCUT2D eigenvalue weighted by Crippen LogP contribution is -2.26. The van der Waals surface area contributed by atoms with Crippen LogP contribution < -0.4 is 10.9 Å². The Morgan fingerprint density at radius 2 is 1.94 bits per heavy atom. The maximum Gasteiger partial charge on any atom is 0.433 e. The molecule has 0 saturated carbocycles. The number of hydrazine groups is 1. The van der Waals surface area contributed by atoms with Crippen LogP contribution in [0.25, 0.3) is 10.9 Å². The Morgan fingerprint density at radius 1 is 1.24 bits per heavy atom. The zero-order valence-electron chi connectivity index (χ0n) is 8.86. The normalized spacial score (nSPS) is 11.8. The average molecular weight is 242 g/mol. The summed E-state index contributed by atoms with van der Waals surface area (Å²) in [7, 11) is 1.56. The molecule has 0 aliphatic rings. The summed E-state index contributed by atoms with van der Waals surface area (Å²) in [4.78, 5) is 7.52. The second-order valence-electron chi connectivity index (χ2n) is 3.51. The highest BCUT2D eigenvalue weighted by Gasteiger charge is 2.32. The van der Waals surface area contributed by atoms with Gasteiger partial charge in [0, 0.05) is 18.6 Å². The second-order valence-corrected chi connectivity index (χ2v) is 3.51. The number of alkyl halides is 3. The van der Waals surface area contributed by atoms with E-state index in [-0.39, 0.29) is 5.52 Å². The Bertz CT molecular complexity index is 551. The van der Waals surface area contributed by atoms with Crippen molar-refractivity contribution in [2.24, 2.45) is 5.84 Å². The zero-order chi connectivity index (χ0) is 12.6. The van der Waals surface area contributed by atoms with Crippen LogP contribution in [0.1, 0.15) is 5.69 Å². The number of aromatic nitrogens is 2. The van der Waals surface area contributed by atoms with E-state index >= 15 is 0 Å². The van der Waals surface area contributed by atoms with E-state index in [1.165, 1.54) is 23.3 Å². The third-order valence-corrected chi connectivity index (χ3v) is 2.22. The van der Waals surface area contributed by atoms with E-state index in [2.05, 4.69) is 9.97 Å². The molecule has 0 radical (unpaired) electrons. The molecule has 2 aromatic heterocycles. The van der Waals surface area contributed by atoms with Crippen LogP contribution in [0, 0.1) is 0 Å². The summed E-state index contributed by atoms with van der Waals surface area (Å²) in [5, 5.41) is 1.71. The molecule has 0 aromatic carbocycles. The molecular formula is C10H9F3N4. The van der Waals surface area contributed by atoms with Crippen LogP contribution in [0.5, 0.6) is 0 Å². The number of pyridine rings is 2. The van der Waals surface area contributed by atoms with Gasteiger partial charge in [0.2, 0.25) is 0 Å². The highest BCUT2D eigenvalue weighted by atomic mass is 19.4. The third-order valence-electron chi connectivity index (χ3n) is 2.22. The summed E-state index contributed by atoms with van der Waals surface area (Å²) in [5.74, 6) is 5.90. The van der Waals surface area contributed by atoms with E-state index in [0.717, 1.165) is 6.07 Å². The van der Waals surface area contributed by atoms with E-state index in [4.69, 9.17) is 5.84 Å². The molecule has 17 heavy (non-hydrogen) atoms. The molecule has 2 aromatic rings. The fourth-order valence-electron chi connectivity index (χ4n) is 1.48.